The molecule has 0 amide bonds. The zero-order valence-corrected chi connectivity index (χ0v) is 9.54. The van der Waals surface area contributed by atoms with Crippen LogP contribution in [0.4, 0.5) is 0 Å². The summed E-state index contributed by atoms with van der Waals surface area (Å²) in [5.41, 5.74) is 5.42. The highest BCUT2D eigenvalue weighted by Crippen LogP contribution is 2.30. The van der Waals surface area contributed by atoms with Gasteiger partial charge in [0.05, 0.1) is 19.3 Å². The Labute approximate surface area is 100 Å². The molecule has 1 aromatic carbocycles. The molecule has 1 aliphatic rings. The van der Waals surface area contributed by atoms with Gasteiger partial charge < -0.3 is 25.1 Å². The molecule has 2 unspecified atom stereocenters. The lowest BCUT2D eigenvalue weighted by molar-refractivity contribution is -0.0392. The molecule has 0 spiro atoms. The minimum absolute atomic E-state index is 0.0827. The number of hydrogen-bond donors (Lipinski definition) is 2. The van der Waals surface area contributed by atoms with Gasteiger partial charge in [0.25, 0.3) is 0 Å². The molecule has 1 aromatic rings. The number of para-hydroxylation sites is 2. The molecule has 5 heteroatoms. The second-order valence-corrected chi connectivity index (χ2v) is 3.87. The number of fused-ring (bicyclic) bond motifs is 1. The van der Waals surface area contributed by atoms with Gasteiger partial charge in [-0.2, -0.15) is 0 Å². The number of hydrogen-bond acceptors (Lipinski definition) is 5. The van der Waals surface area contributed by atoms with Gasteiger partial charge in [0.2, 0.25) is 0 Å². The normalized spacial score (nSPS) is 20.0. The van der Waals surface area contributed by atoms with E-state index in [0.29, 0.717) is 19.8 Å². The van der Waals surface area contributed by atoms with Crippen LogP contribution in [0, 0.1) is 0 Å². The van der Waals surface area contributed by atoms with Crippen LogP contribution in [0.2, 0.25) is 0 Å². The fourth-order valence-electron chi connectivity index (χ4n) is 1.58. The lowest BCUT2D eigenvalue weighted by Gasteiger charge is -2.27. The van der Waals surface area contributed by atoms with Crippen molar-refractivity contribution in [2.75, 3.05) is 26.4 Å². The number of rotatable bonds is 5. The summed E-state index contributed by atoms with van der Waals surface area (Å²) in [5.74, 6) is 1.47. The molecule has 5 nitrogen and oxygen atoms in total. The van der Waals surface area contributed by atoms with Crippen LogP contribution < -0.4 is 15.2 Å². The van der Waals surface area contributed by atoms with Crippen LogP contribution in [0.5, 0.6) is 11.5 Å². The van der Waals surface area contributed by atoms with Crippen molar-refractivity contribution in [1.82, 2.24) is 0 Å². The van der Waals surface area contributed by atoms with Crippen LogP contribution in [0.1, 0.15) is 0 Å². The second kappa shape index (κ2) is 5.86. The Morgan fingerprint density at radius 2 is 2.18 bits per heavy atom. The highest BCUT2D eigenvalue weighted by Gasteiger charge is 2.21. The lowest BCUT2D eigenvalue weighted by atomic mass is 10.2. The van der Waals surface area contributed by atoms with Crippen molar-refractivity contribution in [2.24, 2.45) is 5.73 Å². The van der Waals surface area contributed by atoms with Gasteiger partial charge in [-0.25, -0.2) is 0 Å². The SMILES string of the molecule is NCC(CO)OCC1COc2ccccc2O1. The zero-order chi connectivity index (χ0) is 12.1. The molecule has 1 heterocycles. The number of aliphatic hydroxyl groups excluding tert-OH is 1. The first-order valence-corrected chi connectivity index (χ1v) is 5.64. The number of benzene rings is 1. The summed E-state index contributed by atoms with van der Waals surface area (Å²) in [7, 11) is 0. The standard InChI is InChI=1S/C12H17NO4/c13-5-9(6-14)15-7-10-8-16-11-3-1-2-4-12(11)17-10/h1-4,9-10,14H,5-8,13H2. The van der Waals surface area contributed by atoms with Crippen molar-refractivity contribution >= 4 is 0 Å². The molecular weight excluding hydrogens is 222 g/mol. The smallest absolute Gasteiger partial charge is 0.161 e. The molecule has 0 radical (unpaired) electrons. The molecule has 2 atom stereocenters. The Bertz CT molecular complexity index is 354. The molecule has 0 saturated heterocycles. The summed E-state index contributed by atoms with van der Waals surface area (Å²) >= 11 is 0. The third kappa shape index (κ3) is 3.09. The van der Waals surface area contributed by atoms with E-state index in [-0.39, 0.29) is 18.8 Å². The zero-order valence-electron chi connectivity index (χ0n) is 9.54. The maximum Gasteiger partial charge on any atom is 0.161 e. The quantitative estimate of drug-likeness (QED) is 0.765. The van der Waals surface area contributed by atoms with Gasteiger partial charge in [-0.05, 0) is 12.1 Å². The lowest BCUT2D eigenvalue weighted by Crippen LogP contribution is -2.37. The van der Waals surface area contributed by atoms with Crippen LogP contribution in [0.15, 0.2) is 24.3 Å². The van der Waals surface area contributed by atoms with E-state index in [9.17, 15) is 0 Å². The van der Waals surface area contributed by atoms with Crippen LogP contribution >= 0.6 is 0 Å². The van der Waals surface area contributed by atoms with Crippen LogP contribution in [0.3, 0.4) is 0 Å². The minimum atomic E-state index is -0.337. The predicted octanol–water partition coefficient (Wildman–Crippen LogP) is 0.163. The number of aliphatic hydroxyl groups is 1. The third-order valence-electron chi connectivity index (χ3n) is 2.55. The molecule has 0 saturated carbocycles. The van der Waals surface area contributed by atoms with E-state index >= 15 is 0 Å². The van der Waals surface area contributed by atoms with E-state index < -0.39 is 0 Å². The molecule has 0 aromatic heterocycles. The Kier molecular flexibility index (Phi) is 4.19. The predicted molar refractivity (Wildman–Crippen MR) is 62.2 cm³/mol. The molecule has 1 aliphatic heterocycles. The highest BCUT2D eigenvalue weighted by atomic mass is 16.6. The summed E-state index contributed by atoms with van der Waals surface area (Å²) in [6.45, 7) is 1.01. The molecule has 17 heavy (non-hydrogen) atoms. The molecule has 0 aliphatic carbocycles. The molecule has 2 rings (SSSR count). The fourth-order valence-corrected chi connectivity index (χ4v) is 1.58. The molecule has 3 N–H and O–H groups in total. The van der Waals surface area contributed by atoms with E-state index in [2.05, 4.69) is 0 Å². The van der Waals surface area contributed by atoms with E-state index in [1.807, 2.05) is 24.3 Å². The second-order valence-electron chi connectivity index (χ2n) is 3.87. The highest BCUT2D eigenvalue weighted by molar-refractivity contribution is 5.40. The van der Waals surface area contributed by atoms with Crippen LogP contribution in [-0.2, 0) is 4.74 Å². The summed E-state index contributed by atoms with van der Waals surface area (Å²) < 4.78 is 16.7. The molecule has 0 fully saturated rings. The summed E-state index contributed by atoms with van der Waals surface area (Å²) in [4.78, 5) is 0. The Hall–Kier alpha value is -1.30. The fraction of sp³-hybridized carbons (Fsp3) is 0.500. The van der Waals surface area contributed by atoms with Crippen molar-refractivity contribution < 1.29 is 19.3 Å². The summed E-state index contributed by atoms with van der Waals surface area (Å²) in [6.07, 6.45) is -0.499. The van der Waals surface area contributed by atoms with Crippen molar-refractivity contribution in [3.8, 4) is 11.5 Å². The van der Waals surface area contributed by atoms with Gasteiger partial charge in [0.1, 0.15) is 6.61 Å². The first-order valence-electron chi connectivity index (χ1n) is 5.64. The Morgan fingerprint density at radius 1 is 1.41 bits per heavy atom. The first-order chi connectivity index (χ1) is 8.33. The van der Waals surface area contributed by atoms with Gasteiger partial charge in [0, 0.05) is 6.54 Å². The van der Waals surface area contributed by atoms with Gasteiger partial charge >= 0.3 is 0 Å². The van der Waals surface area contributed by atoms with Gasteiger partial charge in [-0.1, -0.05) is 12.1 Å². The minimum Gasteiger partial charge on any atom is -0.486 e. The molecular formula is C12H17NO4. The maximum absolute atomic E-state index is 8.94. The monoisotopic (exact) mass is 239 g/mol. The van der Waals surface area contributed by atoms with Gasteiger partial charge in [-0.15, -0.1) is 0 Å². The Balaban J connectivity index is 1.86. The largest absolute Gasteiger partial charge is 0.486 e. The van der Waals surface area contributed by atoms with Crippen LogP contribution in [0.25, 0.3) is 0 Å². The number of nitrogens with two attached hydrogens (primary N) is 1. The average molecular weight is 239 g/mol. The van der Waals surface area contributed by atoms with Crippen molar-refractivity contribution in [1.29, 1.82) is 0 Å². The molecule has 0 bridgehead atoms. The summed E-state index contributed by atoms with van der Waals surface area (Å²) in [5, 5.41) is 8.94. The van der Waals surface area contributed by atoms with E-state index in [0.717, 1.165) is 11.5 Å². The van der Waals surface area contributed by atoms with E-state index in [1.165, 1.54) is 0 Å². The number of ether oxygens (including phenoxy) is 3. The summed E-state index contributed by atoms with van der Waals surface area (Å²) in [6, 6.07) is 7.51. The van der Waals surface area contributed by atoms with E-state index in [1.54, 1.807) is 0 Å². The third-order valence-corrected chi connectivity index (χ3v) is 2.55. The first kappa shape index (κ1) is 12.2. The molecule has 94 valence electrons. The van der Waals surface area contributed by atoms with Crippen molar-refractivity contribution in [3.05, 3.63) is 24.3 Å². The van der Waals surface area contributed by atoms with Gasteiger partial charge in [-0.3, -0.25) is 0 Å². The topological polar surface area (TPSA) is 73.9 Å². The maximum atomic E-state index is 8.94. The van der Waals surface area contributed by atoms with Crippen LogP contribution in [-0.4, -0.2) is 43.7 Å². The Morgan fingerprint density at radius 3 is 2.88 bits per heavy atom. The van der Waals surface area contributed by atoms with Crippen molar-refractivity contribution in [2.45, 2.75) is 12.2 Å². The van der Waals surface area contributed by atoms with E-state index in [4.69, 9.17) is 25.1 Å². The average Bonchev–Trinajstić information content (AvgIpc) is 2.40. The van der Waals surface area contributed by atoms with Gasteiger partial charge in [0.15, 0.2) is 17.6 Å². The van der Waals surface area contributed by atoms with Crippen molar-refractivity contribution in [3.63, 3.8) is 0 Å².